The standard InChI is InChI=1S/C21H25N5O3S/c1-3-4-11-23-21(30)25-15-7-5-14(6-8-15)19(28)24-16-9-10-17(13(2)27)18(12-16)20(29)26-22/h5-10,12H,3-4,11,22H2,1-2H3,(H,24,28)(H,26,29)(H2,23,25,30). The number of amides is 2. The highest BCUT2D eigenvalue weighted by atomic mass is 32.1. The van der Waals surface area contributed by atoms with Crippen molar-refractivity contribution in [2.24, 2.45) is 5.84 Å². The Balaban J connectivity index is 2.06. The normalized spacial score (nSPS) is 10.1. The minimum Gasteiger partial charge on any atom is -0.362 e. The van der Waals surface area contributed by atoms with Gasteiger partial charge in [0.1, 0.15) is 0 Å². The number of hydrazine groups is 1. The van der Waals surface area contributed by atoms with Gasteiger partial charge in [-0.15, -0.1) is 0 Å². The van der Waals surface area contributed by atoms with E-state index in [4.69, 9.17) is 18.1 Å². The van der Waals surface area contributed by atoms with Crippen molar-refractivity contribution in [1.82, 2.24) is 10.7 Å². The number of benzene rings is 2. The minimum atomic E-state index is -0.616. The molecule has 9 heteroatoms. The third-order valence-electron chi connectivity index (χ3n) is 4.25. The zero-order valence-corrected chi connectivity index (χ0v) is 17.7. The van der Waals surface area contributed by atoms with E-state index >= 15 is 0 Å². The van der Waals surface area contributed by atoms with Crippen molar-refractivity contribution in [1.29, 1.82) is 0 Å². The zero-order valence-electron chi connectivity index (χ0n) is 16.9. The van der Waals surface area contributed by atoms with Crippen LogP contribution in [0.25, 0.3) is 0 Å². The number of ketones is 1. The number of Topliss-reactive ketones (excluding diaryl/α,β-unsaturated/α-hetero) is 1. The summed E-state index contributed by atoms with van der Waals surface area (Å²) in [5, 5.41) is 9.40. The molecule has 0 aliphatic heterocycles. The van der Waals surface area contributed by atoms with Crippen LogP contribution in [0.5, 0.6) is 0 Å². The Morgan fingerprint density at radius 3 is 2.20 bits per heavy atom. The summed E-state index contributed by atoms with van der Waals surface area (Å²) in [7, 11) is 0. The molecule has 8 nitrogen and oxygen atoms in total. The number of nitrogen functional groups attached to an aromatic ring is 1. The molecule has 2 amide bonds. The Bertz CT molecular complexity index is 944. The summed E-state index contributed by atoms with van der Waals surface area (Å²) in [5.41, 5.74) is 3.85. The molecule has 0 fully saturated rings. The Hall–Kier alpha value is -3.30. The van der Waals surface area contributed by atoms with Gasteiger partial charge in [0.05, 0.1) is 5.56 Å². The molecule has 0 aliphatic rings. The van der Waals surface area contributed by atoms with Crippen LogP contribution < -0.4 is 27.2 Å². The van der Waals surface area contributed by atoms with Gasteiger partial charge in [0.2, 0.25) is 0 Å². The molecule has 2 rings (SSSR count). The van der Waals surface area contributed by atoms with Crippen molar-refractivity contribution in [2.45, 2.75) is 26.7 Å². The van der Waals surface area contributed by atoms with Gasteiger partial charge in [0.25, 0.3) is 11.8 Å². The maximum atomic E-state index is 12.5. The van der Waals surface area contributed by atoms with Crippen LogP contribution in [0, 0.1) is 0 Å². The second kappa shape index (κ2) is 11.0. The molecule has 0 radical (unpaired) electrons. The van der Waals surface area contributed by atoms with E-state index in [2.05, 4.69) is 22.9 Å². The molecular formula is C21H25N5O3S. The number of thiocarbonyl (C=S) groups is 1. The predicted molar refractivity (Wildman–Crippen MR) is 122 cm³/mol. The van der Waals surface area contributed by atoms with Gasteiger partial charge in [-0.3, -0.25) is 19.8 Å². The van der Waals surface area contributed by atoms with Gasteiger partial charge >= 0.3 is 0 Å². The lowest BCUT2D eigenvalue weighted by atomic mass is 10.0. The van der Waals surface area contributed by atoms with E-state index in [0.29, 0.717) is 16.4 Å². The number of carbonyl (C=O) groups is 3. The first kappa shape index (κ1) is 23.0. The van der Waals surface area contributed by atoms with Crippen molar-refractivity contribution >= 4 is 46.3 Å². The third-order valence-corrected chi connectivity index (χ3v) is 4.50. The van der Waals surface area contributed by atoms with E-state index in [-0.39, 0.29) is 22.8 Å². The summed E-state index contributed by atoms with van der Waals surface area (Å²) < 4.78 is 0. The molecule has 0 aliphatic carbocycles. The van der Waals surface area contributed by atoms with Gasteiger partial charge in [-0.05, 0) is 68.0 Å². The predicted octanol–water partition coefficient (Wildman–Crippen LogP) is 2.83. The number of rotatable bonds is 8. The first-order valence-corrected chi connectivity index (χ1v) is 9.88. The van der Waals surface area contributed by atoms with Gasteiger partial charge < -0.3 is 16.0 Å². The fourth-order valence-electron chi connectivity index (χ4n) is 2.66. The molecule has 158 valence electrons. The van der Waals surface area contributed by atoms with E-state index < -0.39 is 5.91 Å². The molecule has 2 aromatic carbocycles. The summed E-state index contributed by atoms with van der Waals surface area (Å²) in [6.45, 7) is 4.25. The van der Waals surface area contributed by atoms with Crippen LogP contribution in [-0.2, 0) is 0 Å². The summed E-state index contributed by atoms with van der Waals surface area (Å²) in [6, 6.07) is 11.2. The molecule has 30 heavy (non-hydrogen) atoms. The first-order valence-electron chi connectivity index (χ1n) is 9.48. The number of unbranched alkanes of at least 4 members (excludes halogenated alkanes) is 1. The van der Waals surface area contributed by atoms with Gasteiger partial charge in [0.15, 0.2) is 10.9 Å². The second-order valence-electron chi connectivity index (χ2n) is 6.56. The Labute approximate surface area is 180 Å². The number of hydrogen-bond acceptors (Lipinski definition) is 5. The molecule has 0 unspecified atom stereocenters. The van der Waals surface area contributed by atoms with E-state index in [1.807, 2.05) is 5.43 Å². The van der Waals surface area contributed by atoms with Crippen LogP contribution in [-0.4, -0.2) is 29.3 Å². The summed E-state index contributed by atoms with van der Waals surface area (Å²) >= 11 is 5.23. The van der Waals surface area contributed by atoms with Crippen molar-refractivity contribution in [2.75, 3.05) is 17.2 Å². The molecule has 0 saturated heterocycles. The maximum absolute atomic E-state index is 12.5. The van der Waals surface area contributed by atoms with Gasteiger partial charge in [0, 0.05) is 29.0 Å². The van der Waals surface area contributed by atoms with E-state index in [9.17, 15) is 14.4 Å². The molecule has 0 atom stereocenters. The summed E-state index contributed by atoms with van der Waals surface area (Å²) in [4.78, 5) is 36.2. The average molecular weight is 428 g/mol. The molecule has 2 aromatic rings. The second-order valence-corrected chi connectivity index (χ2v) is 6.96. The SMILES string of the molecule is CCCCNC(=S)Nc1ccc(C(=O)Nc2ccc(C(C)=O)c(C(=O)NN)c2)cc1. The molecule has 6 N–H and O–H groups in total. The molecule has 0 spiro atoms. The van der Waals surface area contributed by atoms with Crippen LogP contribution in [0.15, 0.2) is 42.5 Å². The summed E-state index contributed by atoms with van der Waals surface area (Å²) in [5.74, 6) is 3.92. The lowest BCUT2D eigenvalue weighted by molar-refractivity contribution is 0.0938. The van der Waals surface area contributed by atoms with Gasteiger partial charge in [-0.1, -0.05) is 13.3 Å². The van der Waals surface area contributed by atoms with Crippen LogP contribution in [0.1, 0.15) is 57.8 Å². The highest BCUT2D eigenvalue weighted by molar-refractivity contribution is 7.80. The van der Waals surface area contributed by atoms with Crippen LogP contribution >= 0.6 is 12.2 Å². The topological polar surface area (TPSA) is 125 Å². The van der Waals surface area contributed by atoms with E-state index in [1.165, 1.54) is 19.1 Å². The van der Waals surface area contributed by atoms with Gasteiger partial charge in [-0.2, -0.15) is 0 Å². The lowest BCUT2D eigenvalue weighted by Crippen LogP contribution is -2.31. The molecule has 0 saturated carbocycles. The largest absolute Gasteiger partial charge is 0.362 e. The fraction of sp³-hybridized carbons (Fsp3) is 0.238. The zero-order chi connectivity index (χ0) is 22.1. The highest BCUT2D eigenvalue weighted by Gasteiger charge is 2.15. The molecule has 0 aromatic heterocycles. The fourth-order valence-corrected chi connectivity index (χ4v) is 2.88. The third kappa shape index (κ3) is 6.36. The molecule has 0 heterocycles. The number of hydrogen-bond donors (Lipinski definition) is 5. The number of carbonyl (C=O) groups excluding carboxylic acids is 3. The Morgan fingerprint density at radius 1 is 0.933 bits per heavy atom. The number of nitrogens with one attached hydrogen (secondary N) is 4. The summed E-state index contributed by atoms with van der Waals surface area (Å²) in [6.07, 6.45) is 2.11. The quantitative estimate of drug-likeness (QED) is 0.110. The number of nitrogens with two attached hydrogens (primary N) is 1. The monoisotopic (exact) mass is 427 g/mol. The number of anilines is 2. The van der Waals surface area contributed by atoms with Crippen molar-refractivity contribution in [3.05, 3.63) is 59.2 Å². The van der Waals surface area contributed by atoms with Crippen molar-refractivity contribution < 1.29 is 14.4 Å². The van der Waals surface area contributed by atoms with Crippen LogP contribution in [0.4, 0.5) is 11.4 Å². The van der Waals surface area contributed by atoms with E-state index in [1.54, 1.807) is 30.3 Å². The Morgan fingerprint density at radius 2 is 1.60 bits per heavy atom. The van der Waals surface area contributed by atoms with E-state index in [0.717, 1.165) is 25.1 Å². The smallest absolute Gasteiger partial charge is 0.265 e. The Kier molecular flexibility index (Phi) is 8.45. The van der Waals surface area contributed by atoms with Crippen molar-refractivity contribution in [3.63, 3.8) is 0 Å². The highest BCUT2D eigenvalue weighted by Crippen LogP contribution is 2.18. The van der Waals surface area contributed by atoms with Crippen LogP contribution in [0.3, 0.4) is 0 Å². The lowest BCUT2D eigenvalue weighted by Gasteiger charge is -2.12. The molecule has 0 bridgehead atoms. The van der Waals surface area contributed by atoms with Gasteiger partial charge in [-0.25, -0.2) is 5.84 Å². The maximum Gasteiger partial charge on any atom is 0.265 e. The average Bonchev–Trinajstić information content (AvgIpc) is 2.73. The minimum absolute atomic E-state index is 0.0893. The molecular weight excluding hydrogens is 402 g/mol. The first-order chi connectivity index (χ1) is 14.3. The van der Waals surface area contributed by atoms with Crippen molar-refractivity contribution in [3.8, 4) is 0 Å². The van der Waals surface area contributed by atoms with Crippen LogP contribution in [0.2, 0.25) is 0 Å².